The van der Waals surface area contributed by atoms with Crippen molar-refractivity contribution < 1.29 is 43.4 Å². The van der Waals surface area contributed by atoms with Gasteiger partial charge >= 0.3 is 12.4 Å². The number of halogens is 6. The fourth-order valence-electron chi connectivity index (χ4n) is 2.03. The molecule has 0 radical (unpaired) electrons. The average molecular weight is 374 g/mol. The topological polar surface area (TPSA) is 52.6 Å². The Hall–Kier alpha value is -0.333. The molecule has 0 aromatic rings. The lowest BCUT2D eigenvalue weighted by atomic mass is 10.5. The third kappa shape index (κ3) is 7.79. The lowest BCUT2D eigenvalue weighted by molar-refractivity contribution is -0.132. The van der Waals surface area contributed by atoms with Crippen LogP contribution in [0, 0.1) is 0 Å². The summed E-state index contributed by atoms with van der Waals surface area (Å²) in [5, 5.41) is 0. The van der Waals surface area contributed by atoms with Crippen LogP contribution < -0.4 is 0 Å². The highest BCUT2D eigenvalue weighted by atomic mass is 32.2. The van der Waals surface area contributed by atoms with E-state index in [-0.39, 0.29) is 6.61 Å². The van der Waals surface area contributed by atoms with E-state index in [9.17, 15) is 34.8 Å². The largest absolute Gasteiger partial charge is 0.411 e. The predicted molar refractivity (Wildman–Crippen MR) is 67.2 cm³/mol. The van der Waals surface area contributed by atoms with Gasteiger partial charge in [0.2, 0.25) is 0 Å². The highest BCUT2D eigenvalue weighted by molar-refractivity contribution is 7.87. The molecule has 0 spiro atoms. The molecule has 1 saturated heterocycles. The van der Waals surface area contributed by atoms with Crippen molar-refractivity contribution in [2.45, 2.75) is 49.9 Å². The summed E-state index contributed by atoms with van der Waals surface area (Å²) in [6.45, 7) is 0.887. The summed E-state index contributed by atoms with van der Waals surface area (Å²) in [6, 6.07) is -1.10. The standard InChI is InChI=1S/C10H16F6O4SSi/c1-22(4-2-9(11,12)13,5-3-10(14,15)16)20-8-6-19-21(17,18)7-8/h8H,2-7H2,1H3. The summed E-state index contributed by atoms with van der Waals surface area (Å²) in [4.78, 5) is 0. The minimum atomic E-state index is -4.51. The van der Waals surface area contributed by atoms with E-state index in [2.05, 4.69) is 4.18 Å². The van der Waals surface area contributed by atoms with Crippen molar-refractivity contribution in [2.75, 3.05) is 12.4 Å². The van der Waals surface area contributed by atoms with E-state index in [4.69, 9.17) is 4.43 Å². The molecule has 0 aliphatic carbocycles. The van der Waals surface area contributed by atoms with Crippen molar-refractivity contribution in [1.82, 2.24) is 0 Å². The Bertz CT molecular complexity index is 457. The molecule has 1 rings (SSSR count). The Balaban J connectivity index is 2.72. The number of hydrogen-bond acceptors (Lipinski definition) is 4. The van der Waals surface area contributed by atoms with Crippen LogP contribution in [0.5, 0.6) is 0 Å². The fraction of sp³-hybridized carbons (Fsp3) is 1.00. The second-order valence-electron chi connectivity index (χ2n) is 5.43. The second-order valence-corrected chi connectivity index (χ2v) is 11.2. The Morgan fingerprint density at radius 1 is 1.09 bits per heavy atom. The van der Waals surface area contributed by atoms with Gasteiger partial charge in [-0.25, -0.2) is 0 Å². The van der Waals surface area contributed by atoms with Gasteiger partial charge < -0.3 is 4.43 Å². The molecule has 0 saturated carbocycles. The van der Waals surface area contributed by atoms with Crippen molar-refractivity contribution in [3.05, 3.63) is 0 Å². The quantitative estimate of drug-likeness (QED) is 0.407. The van der Waals surface area contributed by atoms with Gasteiger partial charge in [-0.15, -0.1) is 0 Å². The van der Waals surface area contributed by atoms with Crippen LogP contribution in [-0.2, 0) is 18.7 Å². The summed E-state index contributed by atoms with van der Waals surface area (Å²) < 4.78 is 106. The van der Waals surface area contributed by atoms with Gasteiger partial charge in [0.1, 0.15) is 5.75 Å². The molecule has 1 fully saturated rings. The van der Waals surface area contributed by atoms with Gasteiger partial charge in [0.05, 0.1) is 12.7 Å². The molecule has 1 atom stereocenters. The van der Waals surface area contributed by atoms with Crippen LogP contribution in [0.1, 0.15) is 12.8 Å². The molecule has 1 aliphatic heterocycles. The van der Waals surface area contributed by atoms with Gasteiger partial charge in [-0.1, -0.05) is 0 Å². The first-order valence-corrected chi connectivity index (χ1v) is 10.8. The van der Waals surface area contributed by atoms with Crippen molar-refractivity contribution in [1.29, 1.82) is 0 Å². The minimum Gasteiger partial charge on any atom is -0.411 e. The molecule has 0 N–H and O–H groups in total. The SMILES string of the molecule is C[Si](CCC(F)(F)F)(CCC(F)(F)F)OC1COS(=O)(=O)C1. The third-order valence-electron chi connectivity index (χ3n) is 3.15. The van der Waals surface area contributed by atoms with Gasteiger partial charge in [-0.3, -0.25) is 4.18 Å². The van der Waals surface area contributed by atoms with E-state index < -0.39 is 67.6 Å². The minimum absolute atomic E-state index is 0.372. The zero-order valence-corrected chi connectivity index (χ0v) is 13.4. The van der Waals surface area contributed by atoms with Gasteiger partial charge in [0.25, 0.3) is 10.1 Å². The molecular weight excluding hydrogens is 358 g/mol. The van der Waals surface area contributed by atoms with Crippen molar-refractivity contribution in [3.63, 3.8) is 0 Å². The lowest BCUT2D eigenvalue weighted by Gasteiger charge is -2.30. The van der Waals surface area contributed by atoms with Crippen molar-refractivity contribution in [2.24, 2.45) is 0 Å². The van der Waals surface area contributed by atoms with E-state index in [1.54, 1.807) is 0 Å². The Kier molecular flexibility index (Phi) is 5.96. The number of hydrogen-bond donors (Lipinski definition) is 0. The molecule has 132 valence electrons. The molecular formula is C10H16F6O4SSi. The summed E-state index contributed by atoms with van der Waals surface area (Å²) in [5.74, 6) is -0.548. The third-order valence-corrected chi connectivity index (χ3v) is 7.94. The van der Waals surface area contributed by atoms with E-state index >= 15 is 0 Å². The van der Waals surface area contributed by atoms with Crippen LogP contribution >= 0.6 is 0 Å². The molecule has 1 aliphatic rings. The fourth-order valence-corrected chi connectivity index (χ4v) is 6.29. The van der Waals surface area contributed by atoms with Crippen molar-refractivity contribution >= 4 is 18.4 Å². The summed E-state index contributed by atoms with van der Waals surface area (Å²) in [7, 11) is -7.18. The number of alkyl halides is 6. The maximum Gasteiger partial charge on any atom is 0.388 e. The molecule has 0 aromatic carbocycles. The second kappa shape index (κ2) is 6.65. The Morgan fingerprint density at radius 2 is 1.55 bits per heavy atom. The Morgan fingerprint density at radius 3 is 1.86 bits per heavy atom. The monoisotopic (exact) mass is 374 g/mol. The van der Waals surface area contributed by atoms with Crippen LogP contribution in [0.3, 0.4) is 0 Å². The van der Waals surface area contributed by atoms with Crippen LogP contribution in [0.15, 0.2) is 0 Å². The number of rotatable bonds is 6. The van der Waals surface area contributed by atoms with Crippen LogP contribution in [0.2, 0.25) is 18.6 Å². The van der Waals surface area contributed by atoms with Crippen LogP contribution in [0.25, 0.3) is 0 Å². The zero-order chi connectivity index (χ0) is 17.2. The van der Waals surface area contributed by atoms with Gasteiger partial charge in [0.15, 0.2) is 8.32 Å². The van der Waals surface area contributed by atoms with Crippen LogP contribution in [-0.4, -0.2) is 47.6 Å². The molecule has 0 aromatic heterocycles. The molecule has 12 heteroatoms. The van der Waals surface area contributed by atoms with Gasteiger partial charge in [-0.2, -0.15) is 34.8 Å². The van der Waals surface area contributed by atoms with E-state index in [1.165, 1.54) is 6.55 Å². The van der Waals surface area contributed by atoms with Crippen molar-refractivity contribution in [3.8, 4) is 0 Å². The van der Waals surface area contributed by atoms with Gasteiger partial charge in [0, 0.05) is 12.8 Å². The molecule has 22 heavy (non-hydrogen) atoms. The molecule has 1 unspecified atom stereocenters. The summed E-state index contributed by atoms with van der Waals surface area (Å²) in [6.07, 6.45) is -12.5. The maximum absolute atomic E-state index is 12.3. The zero-order valence-electron chi connectivity index (χ0n) is 11.6. The van der Waals surface area contributed by atoms with Crippen LogP contribution in [0.4, 0.5) is 26.3 Å². The smallest absolute Gasteiger partial charge is 0.388 e. The average Bonchev–Trinajstić information content (AvgIpc) is 2.62. The first kappa shape index (κ1) is 19.7. The molecule has 1 heterocycles. The molecule has 0 amide bonds. The Labute approximate surface area is 125 Å². The first-order chi connectivity index (χ1) is 9.70. The molecule has 0 bridgehead atoms. The highest BCUT2D eigenvalue weighted by Crippen LogP contribution is 2.34. The van der Waals surface area contributed by atoms with E-state index in [1.807, 2.05) is 0 Å². The van der Waals surface area contributed by atoms with E-state index in [0.29, 0.717) is 0 Å². The van der Waals surface area contributed by atoms with E-state index in [0.717, 1.165) is 0 Å². The maximum atomic E-state index is 12.3. The normalized spacial score (nSPS) is 23.0. The predicted octanol–water partition coefficient (Wildman–Crippen LogP) is 3.21. The highest BCUT2D eigenvalue weighted by Gasteiger charge is 2.43. The molecule has 4 nitrogen and oxygen atoms in total. The summed E-state index contributed by atoms with van der Waals surface area (Å²) >= 11 is 0. The first-order valence-electron chi connectivity index (χ1n) is 6.38. The summed E-state index contributed by atoms with van der Waals surface area (Å²) in [5.41, 5.74) is 0. The van der Waals surface area contributed by atoms with Gasteiger partial charge in [-0.05, 0) is 18.6 Å². The lowest BCUT2D eigenvalue weighted by Crippen LogP contribution is -2.42.